The minimum absolute atomic E-state index is 0.122. The van der Waals surface area contributed by atoms with E-state index in [4.69, 9.17) is 4.74 Å². The SMILES string of the molecule is CCn1c(SC(C)C(=O)Nc2ccccc2F)nc2cc(S(=O)(=O)N3CCOCC3)ccc21. The highest BCUT2D eigenvalue weighted by molar-refractivity contribution is 8.00. The number of thioether (sulfide) groups is 1. The predicted octanol–water partition coefficient (Wildman–Crippen LogP) is 3.34. The topological polar surface area (TPSA) is 93.5 Å². The fraction of sp³-hybridized carbons (Fsp3) is 0.364. The van der Waals surface area contributed by atoms with Crippen LogP contribution in [-0.4, -0.2) is 59.7 Å². The molecule has 1 unspecified atom stereocenters. The first-order chi connectivity index (χ1) is 15.8. The van der Waals surface area contributed by atoms with E-state index < -0.39 is 21.1 Å². The number of para-hydroxylation sites is 1. The number of fused-ring (bicyclic) bond motifs is 1. The van der Waals surface area contributed by atoms with Crippen molar-refractivity contribution in [2.75, 3.05) is 31.6 Å². The van der Waals surface area contributed by atoms with Crippen LogP contribution in [0.3, 0.4) is 0 Å². The molecule has 0 aliphatic carbocycles. The summed E-state index contributed by atoms with van der Waals surface area (Å²) in [4.78, 5) is 17.4. The van der Waals surface area contributed by atoms with Gasteiger partial charge in [0.15, 0.2) is 5.16 Å². The van der Waals surface area contributed by atoms with E-state index in [9.17, 15) is 17.6 Å². The summed E-state index contributed by atoms with van der Waals surface area (Å²) < 4.78 is 48.5. The summed E-state index contributed by atoms with van der Waals surface area (Å²) in [5.41, 5.74) is 1.44. The second-order valence-corrected chi connectivity index (χ2v) is 10.8. The Morgan fingerprint density at radius 3 is 2.67 bits per heavy atom. The first kappa shape index (κ1) is 23.7. The molecule has 11 heteroatoms. The number of hydrogen-bond acceptors (Lipinski definition) is 6. The molecular formula is C22H25FN4O4S2. The summed E-state index contributed by atoms with van der Waals surface area (Å²) in [5, 5.41) is 2.64. The maximum Gasteiger partial charge on any atom is 0.243 e. The molecule has 1 aromatic heterocycles. The standard InChI is InChI=1S/C22H25FN4O4S2/c1-3-27-20-9-8-16(33(29,30)26-10-12-31-13-11-26)14-19(20)25-22(27)32-15(2)21(28)24-18-7-5-4-6-17(18)23/h4-9,14-15H,3,10-13H2,1-2H3,(H,24,28). The fourth-order valence-corrected chi connectivity index (χ4v) is 6.00. The van der Waals surface area contributed by atoms with E-state index >= 15 is 0 Å². The van der Waals surface area contributed by atoms with Gasteiger partial charge in [-0.3, -0.25) is 4.79 Å². The van der Waals surface area contributed by atoms with Crippen molar-refractivity contribution in [2.45, 2.75) is 35.7 Å². The monoisotopic (exact) mass is 492 g/mol. The Hall–Kier alpha value is -2.47. The van der Waals surface area contributed by atoms with Gasteiger partial charge in [0.05, 0.1) is 40.1 Å². The number of amides is 1. The number of imidazole rings is 1. The van der Waals surface area contributed by atoms with Gasteiger partial charge in [-0.25, -0.2) is 17.8 Å². The lowest BCUT2D eigenvalue weighted by atomic mass is 10.3. The number of carbonyl (C=O) groups excluding carboxylic acids is 1. The van der Waals surface area contributed by atoms with Crippen LogP contribution in [0.5, 0.6) is 0 Å². The summed E-state index contributed by atoms with van der Waals surface area (Å²) in [5.74, 6) is -0.853. The van der Waals surface area contributed by atoms with E-state index in [2.05, 4.69) is 10.3 Å². The van der Waals surface area contributed by atoms with Crippen LogP contribution in [0.1, 0.15) is 13.8 Å². The summed E-state index contributed by atoms with van der Waals surface area (Å²) >= 11 is 1.24. The highest BCUT2D eigenvalue weighted by atomic mass is 32.2. The average molecular weight is 493 g/mol. The van der Waals surface area contributed by atoms with Gasteiger partial charge in [0, 0.05) is 19.6 Å². The minimum Gasteiger partial charge on any atom is -0.379 e. The van der Waals surface area contributed by atoms with Gasteiger partial charge in [-0.1, -0.05) is 23.9 Å². The number of sulfonamides is 1. The summed E-state index contributed by atoms with van der Waals surface area (Å²) in [6.45, 7) is 5.65. The molecule has 1 fully saturated rings. The van der Waals surface area contributed by atoms with Crippen molar-refractivity contribution < 1.29 is 22.3 Å². The zero-order valence-corrected chi connectivity index (χ0v) is 20.0. The fourth-order valence-electron chi connectivity index (χ4n) is 3.59. The molecule has 1 N–H and O–H groups in total. The van der Waals surface area contributed by atoms with Crippen molar-refractivity contribution >= 4 is 44.4 Å². The number of aryl methyl sites for hydroxylation is 1. The van der Waals surface area contributed by atoms with Gasteiger partial charge < -0.3 is 14.6 Å². The first-order valence-electron chi connectivity index (χ1n) is 10.6. The van der Waals surface area contributed by atoms with Crippen LogP contribution in [0.2, 0.25) is 0 Å². The van der Waals surface area contributed by atoms with Crippen LogP contribution in [0.15, 0.2) is 52.5 Å². The van der Waals surface area contributed by atoms with E-state index in [-0.39, 0.29) is 16.5 Å². The number of rotatable bonds is 7. The minimum atomic E-state index is -3.64. The maximum absolute atomic E-state index is 13.9. The second kappa shape index (κ2) is 9.80. The van der Waals surface area contributed by atoms with Crippen LogP contribution in [0, 0.1) is 5.82 Å². The molecule has 1 aliphatic rings. The number of benzene rings is 2. The molecule has 1 atom stereocenters. The molecule has 4 rings (SSSR count). The quantitative estimate of drug-likeness (QED) is 0.509. The number of nitrogens with zero attached hydrogens (tertiary/aromatic N) is 3. The van der Waals surface area contributed by atoms with Crippen LogP contribution in [0.25, 0.3) is 11.0 Å². The molecule has 0 saturated carbocycles. The molecule has 176 valence electrons. The van der Waals surface area contributed by atoms with E-state index in [0.29, 0.717) is 43.5 Å². The molecule has 0 radical (unpaired) electrons. The zero-order valence-electron chi connectivity index (χ0n) is 18.3. The summed E-state index contributed by atoms with van der Waals surface area (Å²) in [6.07, 6.45) is 0. The van der Waals surface area contributed by atoms with E-state index in [1.54, 1.807) is 37.3 Å². The van der Waals surface area contributed by atoms with Gasteiger partial charge in [-0.15, -0.1) is 0 Å². The largest absolute Gasteiger partial charge is 0.379 e. The maximum atomic E-state index is 13.9. The van der Waals surface area contributed by atoms with Crippen molar-refractivity contribution in [3.8, 4) is 0 Å². The van der Waals surface area contributed by atoms with Crippen LogP contribution in [0.4, 0.5) is 10.1 Å². The molecule has 8 nitrogen and oxygen atoms in total. The van der Waals surface area contributed by atoms with E-state index in [1.165, 1.54) is 28.2 Å². The van der Waals surface area contributed by atoms with E-state index in [1.807, 2.05) is 11.5 Å². The zero-order chi connectivity index (χ0) is 23.6. The second-order valence-electron chi connectivity index (χ2n) is 7.53. The van der Waals surface area contributed by atoms with E-state index in [0.717, 1.165) is 5.52 Å². The molecule has 2 aromatic carbocycles. The van der Waals surface area contributed by atoms with Crippen molar-refractivity contribution in [3.05, 3.63) is 48.3 Å². The van der Waals surface area contributed by atoms with Crippen molar-refractivity contribution in [1.82, 2.24) is 13.9 Å². The first-order valence-corrected chi connectivity index (χ1v) is 12.9. The molecule has 2 heterocycles. The number of anilines is 1. The normalized spacial score (nSPS) is 16.1. The Bertz CT molecular complexity index is 1270. The number of nitrogens with one attached hydrogen (secondary N) is 1. The number of carbonyl (C=O) groups is 1. The van der Waals surface area contributed by atoms with Crippen molar-refractivity contribution in [3.63, 3.8) is 0 Å². The highest BCUT2D eigenvalue weighted by Gasteiger charge is 2.27. The van der Waals surface area contributed by atoms with Gasteiger partial charge in [0.25, 0.3) is 0 Å². The summed E-state index contributed by atoms with van der Waals surface area (Å²) in [6, 6.07) is 10.9. The Labute approximate surface area is 196 Å². The number of ether oxygens (including phenoxy) is 1. The van der Waals surface area contributed by atoms with Crippen molar-refractivity contribution in [2.24, 2.45) is 0 Å². The number of hydrogen-bond donors (Lipinski definition) is 1. The Morgan fingerprint density at radius 1 is 1.24 bits per heavy atom. The average Bonchev–Trinajstić information content (AvgIpc) is 3.17. The molecule has 3 aromatic rings. The molecular weight excluding hydrogens is 467 g/mol. The Balaban J connectivity index is 1.57. The third kappa shape index (κ3) is 4.91. The van der Waals surface area contributed by atoms with Crippen LogP contribution in [-0.2, 0) is 26.1 Å². The molecule has 1 amide bonds. The molecule has 0 spiro atoms. The number of morpholine rings is 1. The molecule has 1 saturated heterocycles. The van der Waals surface area contributed by atoms with Gasteiger partial charge in [-0.05, 0) is 44.2 Å². The molecule has 33 heavy (non-hydrogen) atoms. The summed E-state index contributed by atoms with van der Waals surface area (Å²) in [7, 11) is -3.64. The molecule has 1 aliphatic heterocycles. The van der Waals surface area contributed by atoms with Gasteiger partial charge in [-0.2, -0.15) is 4.31 Å². The van der Waals surface area contributed by atoms with Crippen molar-refractivity contribution in [1.29, 1.82) is 0 Å². The molecule has 0 bridgehead atoms. The van der Waals surface area contributed by atoms with Gasteiger partial charge in [0.1, 0.15) is 5.82 Å². The van der Waals surface area contributed by atoms with Crippen LogP contribution >= 0.6 is 11.8 Å². The third-order valence-corrected chi connectivity index (χ3v) is 8.38. The Kier molecular flexibility index (Phi) is 7.03. The van der Waals surface area contributed by atoms with Gasteiger partial charge >= 0.3 is 0 Å². The highest BCUT2D eigenvalue weighted by Crippen LogP contribution is 2.30. The predicted molar refractivity (Wildman–Crippen MR) is 125 cm³/mol. The van der Waals surface area contributed by atoms with Gasteiger partial charge in [0.2, 0.25) is 15.9 Å². The number of halogens is 1. The lowest BCUT2D eigenvalue weighted by molar-refractivity contribution is -0.115. The lowest BCUT2D eigenvalue weighted by Crippen LogP contribution is -2.40. The Morgan fingerprint density at radius 2 is 1.97 bits per heavy atom. The lowest BCUT2D eigenvalue weighted by Gasteiger charge is -2.26. The number of aromatic nitrogens is 2. The van der Waals surface area contributed by atoms with Crippen LogP contribution < -0.4 is 5.32 Å². The third-order valence-electron chi connectivity index (χ3n) is 5.39. The smallest absolute Gasteiger partial charge is 0.243 e.